The molecule has 0 amide bonds. The Bertz CT molecular complexity index is 394. The average Bonchev–Trinajstić information content (AvgIpc) is 2.39. The van der Waals surface area contributed by atoms with Gasteiger partial charge >= 0.3 is 0 Å². The molecule has 0 aromatic heterocycles. The Hall–Kier alpha value is -1.22. The quantitative estimate of drug-likeness (QED) is 0.881. The van der Waals surface area contributed by atoms with Gasteiger partial charge < -0.3 is 15.0 Å². The van der Waals surface area contributed by atoms with E-state index in [1.807, 2.05) is 19.1 Å². The second-order valence-corrected chi connectivity index (χ2v) is 5.56. The van der Waals surface area contributed by atoms with Crippen molar-refractivity contribution in [2.24, 2.45) is 5.92 Å². The van der Waals surface area contributed by atoms with E-state index in [0.717, 1.165) is 17.4 Å². The molecule has 1 saturated heterocycles. The van der Waals surface area contributed by atoms with Crippen LogP contribution in [-0.2, 0) is 0 Å². The molecule has 3 nitrogen and oxygen atoms in total. The molecule has 106 valence electrons. The summed E-state index contributed by atoms with van der Waals surface area (Å²) in [6, 6.07) is 8.76. The standard InChI is InChI=1S/C16H26N2O/c1-4-19-16-9-5-8-15(11-16)17-13(2)14-7-6-10-18(3)12-14/h5,8-9,11,13-14,17H,4,6-7,10,12H2,1-3H3. The molecule has 0 radical (unpaired) electrons. The van der Waals surface area contributed by atoms with Crippen LogP contribution >= 0.6 is 0 Å². The van der Waals surface area contributed by atoms with Crippen molar-refractivity contribution in [1.29, 1.82) is 0 Å². The number of ether oxygens (including phenoxy) is 1. The van der Waals surface area contributed by atoms with Gasteiger partial charge in [-0.2, -0.15) is 0 Å². The molecule has 2 atom stereocenters. The smallest absolute Gasteiger partial charge is 0.121 e. The molecule has 1 fully saturated rings. The minimum Gasteiger partial charge on any atom is -0.494 e. The first-order valence-corrected chi connectivity index (χ1v) is 7.37. The van der Waals surface area contributed by atoms with E-state index >= 15 is 0 Å². The highest BCUT2D eigenvalue weighted by Gasteiger charge is 2.22. The van der Waals surface area contributed by atoms with Gasteiger partial charge in [-0.3, -0.25) is 0 Å². The lowest BCUT2D eigenvalue weighted by Gasteiger charge is -2.34. The number of nitrogens with one attached hydrogen (secondary N) is 1. The highest BCUT2D eigenvalue weighted by molar-refractivity contribution is 5.48. The summed E-state index contributed by atoms with van der Waals surface area (Å²) in [5.74, 6) is 1.68. The molecule has 0 spiro atoms. The van der Waals surface area contributed by atoms with Gasteiger partial charge in [-0.05, 0) is 58.3 Å². The number of nitrogens with zero attached hydrogens (tertiary/aromatic N) is 1. The third kappa shape index (κ3) is 4.13. The molecule has 1 heterocycles. The molecule has 1 aliphatic rings. The largest absolute Gasteiger partial charge is 0.494 e. The molecule has 0 aliphatic carbocycles. The highest BCUT2D eigenvalue weighted by Crippen LogP contribution is 2.23. The van der Waals surface area contributed by atoms with E-state index < -0.39 is 0 Å². The van der Waals surface area contributed by atoms with Crippen LogP contribution in [0.3, 0.4) is 0 Å². The third-order valence-electron chi connectivity index (χ3n) is 3.91. The number of hydrogen-bond donors (Lipinski definition) is 1. The first-order valence-electron chi connectivity index (χ1n) is 7.37. The molecule has 1 aromatic carbocycles. The van der Waals surface area contributed by atoms with Crippen LogP contribution in [0, 0.1) is 5.92 Å². The van der Waals surface area contributed by atoms with Crippen LogP contribution in [0.25, 0.3) is 0 Å². The Morgan fingerprint density at radius 2 is 2.32 bits per heavy atom. The topological polar surface area (TPSA) is 24.5 Å². The van der Waals surface area contributed by atoms with Gasteiger partial charge in [0.2, 0.25) is 0 Å². The minimum absolute atomic E-state index is 0.500. The number of benzene rings is 1. The average molecular weight is 262 g/mol. The van der Waals surface area contributed by atoms with E-state index in [2.05, 4.69) is 36.3 Å². The molecule has 0 bridgehead atoms. The van der Waals surface area contributed by atoms with Crippen molar-refractivity contribution in [2.45, 2.75) is 32.7 Å². The van der Waals surface area contributed by atoms with Crippen LogP contribution in [0.15, 0.2) is 24.3 Å². The minimum atomic E-state index is 0.500. The van der Waals surface area contributed by atoms with E-state index in [9.17, 15) is 0 Å². The molecule has 1 aliphatic heterocycles. The summed E-state index contributed by atoms with van der Waals surface area (Å²) in [7, 11) is 2.22. The van der Waals surface area contributed by atoms with Crippen LogP contribution in [0.1, 0.15) is 26.7 Å². The number of anilines is 1. The van der Waals surface area contributed by atoms with Gasteiger partial charge in [0.15, 0.2) is 0 Å². The second kappa shape index (κ2) is 6.80. The van der Waals surface area contributed by atoms with E-state index in [-0.39, 0.29) is 0 Å². The fourth-order valence-corrected chi connectivity index (χ4v) is 2.84. The monoisotopic (exact) mass is 262 g/mol. The zero-order chi connectivity index (χ0) is 13.7. The summed E-state index contributed by atoms with van der Waals surface area (Å²) in [5, 5.41) is 3.62. The van der Waals surface area contributed by atoms with Crippen LogP contribution in [0.2, 0.25) is 0 Å². The van der Waals surface area contributed by atoms with Gasteiger partial charge in [-0.15, -0.1) is 0 Å². The van der Waals surface area contributed by atoms with Gasteiger partial charge in [0.05, 0.1) is 6.61 Å². The predicted molar refractivity (Wildman–Crippen MR) is 80.9 cm³/mol. The molecular weight excluding hydrogens is 236 g/mol. The van der Waals surface area contributed by atoms with Crippen molar-refractivity contribution in [3.8, 4) is 5.75 Å². The van der Waals surface area contributed by atoms with E-state index in [1.165, 1.54) is 25.9 Å². The van der Waals surface area contributed by atoms with Crippen molar-refractivity contribution in [1.82, 2.24) is 4.90 Å². The fourth-order valence-electron chi connectivity index (χ4n) is 2.84. The first kappa shape index (κ1) is 14.2. The lowest BCUT2D eigenvalue weighted by Crippen LogP contribution is -2.39. The Morgan fingerprint density at radius 3 is 3.05 bits per heavy atom. The summed E-state index contributed by atoms with van der Waals surface area (Å²) < 4.78 is 5.54. The number of piperidine rings is 1. The molecule has 1 N–H and O–H groups in total. The number of rotatable bonds is 5. The van der Waals surface area contributed by atoms with Crippen LogP contribution < -0.4 is 10.1 Å². The highest BCUT2D eigenvalue weighted by atomic mass is 16.5. The maximum absolute atomic E-state index is 5.54. The molecule has 3 heteroatoms. The van der Waals surface area contributed by atoms with Crippen LogP contribution in [0.5, 0.6) is 5.75 Å². The molecule has 0 saturated carbocycles. The molecule has 2 unspecified atom stereocenters. The number of hydrogen-bond acceptors (Lipinski definition) is 3. The van der Waals surface area contributed by atoms with Crippen molar-refractivity contribution in [3.05, 3.63) is 24.3 Å². The molecule has 1 aromatic rings. The SMILES string of the molecule is CCOc1cccc(NC(C)C2CCCN(C)C2)c1. The zero-order valence-electron chi connectivity index (χ0n) is 12.4. The van der Waals surface area contributed by atoms with Crippen LogP contribution in [-0.4, -0.2) is 37.7 Å². The summed E-state index contributed by atoms with van der Waals surface area (Å²) in [5.41, 5.74) is 1.16. The Balaban J connectivity index is 1.94. The summed E-state index contributed by atoms with van der Waals surface area (Å²) >= 11 is 0. The maximum atomic E-state index is 5.54. The first-order chi connectivity index (χ1) is 9.19. The van der Waals surface area contributed by atoms with Gasteiger partial charge in [0.25, 0.3) is 0 Å². The van der Waals surface area contributed by atoms with Crippen molar-refractivity contribution in [2.75, 3.05) is 32.1 Å². The third-order valence-corrected chi connectivity index (χ3v) is 3.91. The van der Waals surface area contributed by atoms with Gasteiger partial charge in [-0.25, -0.2) is 0 Å². The van der Waals surface area contributed by atoms with E-state index in [0.29, 0.717) is 12.6 Å². The molecular formula is C16H26N2O. The van der Waals surface area contributed by atoms with Crippen molar-refractivity contribution in [3.63, 3.8) is 0 Å². The maximum Gasteiger partial charge on any atom is 0.121 e. The predicted octanol–water partition coefficient (Wildman–Crippen LogP) is 3.23. The second-order valence-electron chi connectivity index (χ2n) is 5.56. The van der Waals surface area contributed by atoms with Gasteiger partial charge in [-0.1, -0.05) is 6.07 Å². The lowest BCUT2D eigenvalue weighted by molar-refractivity contribution is 0.197. The lowest BCUT2D eigenvalue weighted by atomic mass is 9.92. The molecule has 2 rings (SSSR count). The van der Waals surface area contributed by atoms with Crippen LogP contribution in [0.4, 0.5) is 5.69 Å². The Morgan fingerprint density at radius 1 is 1.47 bits per heavy atom. The van der Waals surface area contributed by atoms with Gasteiger partial charge in [0, 0.05) is 24.3 Å². The fraction of sp³-hybridized carbons (Fsp3) is 0.625. The van der Waals surface area contributed by atoms with Crippen molar-refractivity contribution >= 4 is 5.69 Å². The summed E-state index contributed by atoms with van der Waals surface area (Å²) in [4.78, 5) is 2.43. The number of likely N-dealkylation sites (tertiary alicyclic amines) is 1. The summed E-state index contributed by atoms with van der Waals surface area (Å²) in [6.07, 6.45) is 2.63. The molecule has 19 heavy (non-hydrogen) atoms. The normalized spacial score (nSPS) is 21.9. The van der Waals surface area contributed by atoms with E-state index in [4.69, 9.17) is 4.74 Å². The summed E-state index contributed by atoms with van der Waals surface area (Å²) in [6.45, 7) is 7.45. The zero-order valence-corrected chi connectivity index (χ0v) is 12.4. The van der Waals surface area contributed by atoms with Gasteiger partial charge in [0.1, 0.15) is 5.75 Å². The van der Waals surface area contributed by atoms with E-state index in [1.54, 1.807) is 0 Å². The Kier molecular flexibility index (Phi) is 5.08. The Labute approximate surface area is 116 Å². The van der Waals surface area contributed by atoms with Crippen molar-refractivity contribution < 1.29 is 4.74 Å².